The molecule has 0 saturated heterocycles. The van der Waals surface area contributed by atoms with Crippen molar-refractivity contribution in [2.24, 2.45) is 5.92 Å². The Kier molecular flexibility index (Phi) is 6.19. The largest absolute Gasteiger partial charge is 0.480 e. The molecule has 0 spiro atoms. The number of carboxylic acid groups (broad SMARTS) is 1. The molecule has 1 atom stereocenters. The van der Waals surface area contributed by atoms with Crippen LogP contribution in [0.15, 0.2) is 0 Å². The second-order valence-corrected chi connectivity index (χ2v) is 3.57. The molecule has 0 aliphatic carbocycles. The lowest BCUT2D eigenvalue weighted by Crippen LogP contribution is -2.36. The molecule has 15 heavy (non-hydrogen) atoms. The molecule has 0 aromatic heterocycles. The van der Waals surface area contributed by atoms with Crippen LogP contribution in [0, 0.1) is 18.3 Å². The number of aliphatic carboxylic acids is 1. The van der Waals surface area contributed by atoms with Gasteiger partial charge in [-0.05, 0) is 5.92 Å². The van der Waals surface area contributed by atoms with Gasteiger partial charge in [0, 0.05) is 6.42 Å². The molecule has 4 heteroatoms. The average Bonchev–Trinajstić information content (AvgIpc) is 2.16. The Bertz CT molecular complexity index is 267. The lowest BCUT2D eigenvalue weighted by atomic mass is 10.0. The van der Waals surface area contributed by atoms with E-state index in [-0.39, 0.29) is 24.9 Å². The van der Waals surface area contributed by atoms with Gasteiger partial charge in [0.15, 0.2) is 0 Å². The molecule has 0 aromatic carbocycles. The number of rotatable bonds is 6. The Labute approximate surface area is 90.3 Å². The topological polar surface area (TPSA) is 57.6 Å². The second-order valence-electron chi connectivity index (χ2n) is 3.57. The molecule has 0 aliphatic rings. The van der Waals surface area contributed by atoms with E-state index in [0.717, 1.165) is 6.42 Å². The van der Waals surface area contributed by atoms with E-state index in [1.165, 1.54) is 4.90 Å². The van der Waals surface area contributed by atoms with Crippen LogP contribution >= 0.6 is 0 Å². The van der Waals surface area contributed by atoms with Crippen molar-refractivity contribution in [2.75, 3.05) is 13.1 Å². The van der Waals surface area contributed by atoms with Gasteiger partial charge in [-0.15, -0.1) is 6.42 Å². The molecule has 0 aliphatic heterocycles. The van der Waals surface area contributed by atoms with Crippen LogP contribution in [0.3, 0.4) is 0 Å². The number of hydrogen-bond acceptors (Lipinski definition) is 2. The Balaban J connectivity index is 4.29. The van der Waals surface area contributed by atoms with E-state index in [9.17, 15) is 9.59 Å². The minimum atomic E-state index is -1.04. The van der Waals surface area contributed by atoms with Crippen LogP contribution in [0.5, 0.6) is 0 Å². The Morgan fingerprint density at radius 2 is 2.13 bits per heavy atom. The molecule has 1 unspecified atom stereocenters. The van der Waals surface area contributed by atoms with Gasteiger partial charge in [0.1, 0.15) is 6.54 Å². The zero-order valence-electron chi connectivity index (χ0n) is 9.19. The fraction of sp³-hybridized carbons (Fsp3) is 0.636. The first kappa shape index (κ1) is 13.5. The maximum atomic E-state index is 11.6. The lowest BCUT2D eigenvalue weighted by molar-refractivity contribution is -0.144. The van der Waals surface area contributed by atoms with Gasteiger partial charge < -0.3 is 10.0 Å². The van der Waals surface area contributed by atoms with Crippen LogP contribution in [0.25, 0.3) is 0 Å². The number of carboxylic acids is 1. The maximum Gasteiger partial charge on any atom is 0.323 e. The SMILES string of the molecule is C#CCN(CC(=O)O)C(=O)CC(C)CC. The summed E-state index contributed by atoms with van der Waals surface area (Å²) in [6, 6.07) is 0. The predicted octanol–water partition coefficient (Wildman–Crippen LogP) is 0.969. The molecular weight excluding hydrogens is 194 g/mol. The second kappa shape index (κ2) is 6.88. The summed E-state index contributed by atoms with van der Waals surface area (Å²) in [6.45, 7) is 3.68. The van der Waals surface area contributed by atoms with E-state index in [1.54, 1.807) is 0 Å². The van der Waals surface area contributed by atoms with Crippen molar-refractivity contribution in [3.05, 3.63) is 0 Å². The van der Waals surface area contributed by atoms with Crippen molar-refractivity contribution in [1.82, 2.24) is 4.90 Å². The van der Waals surface area contributed by atoms with E-state index in [0.29, 0.717) is 6.42 Å². The average molecular weight is 211 g/mol. The fourth-order valence-corrected chi connectivity index (χ4v) is 1.08. The molecule has 0 aromatic rings. The summed E-state index contributed by atoms with van der Waals surface area (Å²) < 4.78 is 0. The summed E-state index contributed by atoms with van der Waals surface area (Å²) in [5.41, 5.74) is 0. The van der Waals surface area contributed by atoms with Crippen LogP contribution in [0.2, 0.25) is 0 Å². The summed E-state index contributed by atoms with van der Waals surface area (Å²) in [6.07, 6.45) is 6.31. The summed E-state index contributed by atoms with van der Waals surface area (Å²) >= 11 is 0. The van der Waals surface area contributed by atoms with Gasteiger partial charge in [-0.1, -0.05) is 26.2 Å². The van der Waals surface area contributed by atoms with Gasteiger partial charge in [-0.25, -0.2) is 0 Å². The van der Waals surface area contributed by atoms with Gasteiger partial charge in [0.25, 0.3) is 0 Å². The van der Waals surface area contributed by atoms with Gasteiger partial charge in [-0.2, -0.15) is 0 Å². The summed E-state index contributed by atoms with van der Waals surface area (Å²) in [5.74, 6) is 1.31. The summed E-state index contributed by atoms with van der Waals surface area (Å²) in [5, 5.41) is 8.59. The standard InChI is InChI=1S/C11H17NO3/c1-4-6-12(8-11(14)15)10(13)7-9(3)5-2/h1,9H,5-8H2,2-3H3,(H,14,15). The minimum absolute atomic E-state index is 0.0571. The van der Waals surface area contributed by atoms with Crippen LogP contribution in [0.1, 0.15) is 26.7 Å². The molecule has 4 nitrogen and oxygen atoms in total. The maximum absolute atomic E-state index is 11.6. The van der Waals surface area contributed by atoms with E-state index in [4.69, 9.17) is 11.5 Å². The first-order chi connectivity index (χ1) is 7.01. The highest BCUT2D eigenvalue weighted by Gasteiger charge is 2.17. The predicted molar refractivity (Wildman–Crippen MR) is 57.1 cm³/mol. The summed E-state index contributed by atoms with van der Waals surface area (Å²) in [4.78, 5) is 23.3. The number of amides is 1. The van der Waals surface area contributed by atoms with Crippen molar-refractivity contribution in [3.8, 4) is 12.3 Å². The molecule has 0 fully saturated rings. The number of terminal acetylenes is 1. The normalized spacial score (nSPS) is 11.5. The van der Waals surface area contributed by atoms with Crippen LogP contribution in [-0.2, 0) is 9.59 Å². The van der Waals surface area contributed by atoms with E-state index >= 15 is 0 Å². The number of carbonyl (C=O) groups is 2. The van der Waals surface area contributed by atoms with Crippen molar-refractivity contribution < 1.29 is 14.7 Å². The highest BCUT2D eigenvalue weighted by Crippen LogP contribution is 2.08. The smallest absolute Gasteiger partial charge is 0.323 e. The van der Waals surface area contributed by atoms with Crippen LogP contribution in [0.4, 0.5) is 0 Å². The summed E-state index contributed by atoms with van der Waals surface area (Å²) in [7, 11) is 0. The first-order valence-corrected chi connectivity index (χ1v) is 4.94. The highest BCUT2D eigenvalue weighted by atomic mass is 16.4. The monoisotopic (exact) mass is 211 g/mol. The van der Waals surface area contributed by atoms with Crippen molar-refractivity contribution in [2.45, 2.75) is 26.7 Å². The fourth-order valence-electron chi connectivity index (χ4n) is 1.08. The lowest BCUT2D eigenvalue weighted by Gasteiger charge is -2.19. The molecular formula is C11H17NO3. The highest BCUT2D eigenvalue weighted by molar-refractivity contribution is 5.81. The van der Waals surface area contributed by atoms with Crippen molar-refractivity contribution >= 4 is 11.9 Å². The third-order valence-electron chi connectivity index (χ3n) is 2.18. The Hall–Kier alpha value is -1.50. The molecule has 0 heterocycles. The number of carbonyl (C=O) groups excluding carboxylic acids is 1. The minimum Gasteiger partial charge on any atom is -0.480 e. The molecule has 1 N–H and O–H groups in total. The van der Waals surface area contributed by atoms with Gasteiger partial charge in [0.2, 0.25) is 5.91 Å². The molecule has 0 bridgehead atoms. The van der Waals surface area contributed by atoms with E-state index in [2.05, 4.69) is 5.92 Å². The van der Waals surface area contributed by atoms with Crippen LogP contribution < -0.4 is 0 Å². The molecule has 1 amide bonds. The van der Waals surface area contributed by atoms with E-state index < -0.39 is 5.97 Å². The molecule has 0 rings (SSSR count). The van der Waals surface area contributed by atoms with E-state index in [1.807, 2.05) is 13.8 Å². The molecule has 0 radical (unpaired) electrons. The number of nitrogens with zero attached hydrogens (tertiary/aromatic N) is 1. The quantitative estimate of drug-likeness (QED) is 0.666. The van der Waals surface area contributed by atoms with Gasteiger partial charge in [-0.3, -0.25) is 9.59 Å². The molecule has 84 valence electrons. The van der Waals surface area contributed by atoms with Crippen molar-refractivity contribution in [3.63, 3.8) is 0 Å². The third-order valence-corrected chi connectivity index (χ3v) is 2.18. The van der Waals surface area contributed by atoms with Crippen molar-refractivity contribution in [1.29, 1.82) is 0 Å². The van der Waals surface area contributed by atoms with Crippen LogP contribution in [-0.4, -0.2) is 35.0 Å². The zero-order valence-corrected chi connectivity index (χ0v) is 9.19. The molecule has 0 saturated carbocycles. The van der Waals surface area contributed by atoms with Gasteiger partial charge in [0.05, 0.1) is 6.54 Å². The Morgan fingerprint density at radius 3 is 2.53 bits per heavy atom. The Morgan fingerprint density at radius 1 is 1.53 bits per heavy atom. The van der Waals surface area contributed by atoms with Gasteiger partial charge >= 0.3 is 5.97 Å². The first-order valence-electron chi connectivity index (χ1n) is 4.94. The zero-order chi connectivity index (χ0) is 11.8. The third kappa shape index (κ3) is 5.74. The number of hydrogen-bond donors (Lipinski definition) is 1.